The molecular formula is C23H26N6OS. The molecule has 0 aliphatic carbocycles. The van der Waals surface area contributed by atoms with Crippen LogP contribution < -0.4 is 14.4 Å². The van der Waals surface area contributed by atoms with Crippen molar-refractivity contribution in [2.75, 3.05) is 22.8 Å². The molecule has 0 radical (unpaired) electrons. The van der Waals surface area contributed by atoms with Crippen molar-refractivity contribution in [1.29, 1.82) is 0 Å². The molecule has 1 aromatic carbocycles. The summed E-state index contributed by atoms with van der Waals surface area (Å²) >= 11 is 1.50. The Kier molecular flexibility index (Phi) is 5.02. The number of benzene rings is 1. The van der Waals surface area contributed by atoms with Gasteiger partial charge in [0.2, 0.25) is 0 Å². The molecule has 1 aliphatic rings. The van der Waals surface area contributed by atoms with Crippen molar-refractivity contribution in [3.8, 4) is 16.9 Å². The van der Waals surface area contributed by atoms with E-state index in [1.54, 1.807) is 4.68 Å². The van der Waals surface area contributed by atoms with Gasteiger partial charge in [0.15, 0.2) is 0 Å². The van der Waals surface area contributed by atoms with E-state index >= 15 is 0 Å². The van der Waals surface area contributed by atoms with Crippen molar-refractivity contribution in [2.45, 2.75) is 24.9 Å². The summed E-state index contributed by atoms with van der Waals surface area (Å²) in [5, 5.41) is 6.46. The van der Waals surface area contributed by atoms with Crippen LogP contribution in [0.1, 0.15) is 13.8 Å². The minimum Gasteiger partial charge on any atom is -0.490 e. The highest BCUT2D eigenvalue weighted by atomic mass is 32.2. The second-order valence-electron chi connectivity index (χ2n) is 8.06. The highest BCUT2D eigenvalue weighted by molar-refractivity contribution is 8.00. The molecule has 0 saturated heterocycles. The van der Waals surface area contributed by atoms with Gasteiger partial charge in [-0.05, 0) is 43.7 Å². The Morgan fingerprint density at radius 3 is 2.81 bits per heavy atom. The third-order valence-electron chi connectivity index (χ3n) is 5.60. The van der Waals surface area contributed by atoms with Crippen molar-refractivity contribution >= 4 is 34.4 Å². The first kappa shape index (κ1) is 19.8. The topological polar surface area (TPSA) is 60.1 Å². The Bertz CT molecular complexity index is 1240. The number of hydrogen-bond acceptors (Lipinski definition) is 6. The van der Waals surface area contributed by atoms with Crippen molar-refractivity contribution in [3.05, 3.63) is 48.9 Å². The number of nitrogens with one attached hydrogen (secondary N) is 1. The molecule has 4 heterocycles. The molecule has 0 spiro atoms. The van der Waals surface area contributed by atoms with Gasteiger partial charge in [0.05, 0.1) is 23.3 Å². The van der Waals surface area contributed by atoms with E-state index in [1.807, 2.05) is 38.6 Å². The lowest BCUT2D eigenvalue weighted by Crippen LogP contribution is -2.37. The number of anilines is 2. The second kappa shape index (κ2) is 7.85. The SMILES string of the molecule is CC(C)N1CCOc2ccc(-c3cn(C)c4nccc(NSc5ccn(C)n5)c34)cc21. The van der Waals surface area contributed by atoms with Crippen molar-refractivity contribution < 1.29 is 4.74 Å². The number of pyridine rings is 1. The Labute approximate surface area is 186 Å². The number of hydrogen-bond donors (Lipinski definition) is 1. The molecule has 1 N–H and O–H groups in total. The molecule has 7 nitrogen and oxygen atoms in total. The maximum atomic E-state index is 5.92. The molecule has 3 aromatic heterocycles. The van der Waals surface area contributed by atoms with Crippen LogP contribution >= 0.6 is 11.9 Å². The minimum atomic E-state index is 0.416. The van der Waals surface area contributed by atoms with Crippen LogP contribution in [0.25, 0.3) is 22.2 Å². The summed E-state index contributed by atoms with van der Waals surface area (Å²) in [5.41, 5.74) is 5.41. The average Bonchev–Trinajstić information content (AvgIpc) is 3.34. The maximum absolute atomic E-state index is 5.92. The monoisotopic (exact) mass is 434 g/mol. The van der Waals surface area contributed by atoms with Crippen LogP contribution in [0, 0.1) is 0 Å². The minimum absolute atomic E-state index is 0.416. The molecule has 0 saturated carbocycles. The van der Waals surface area contributed by atoms with Gasteiger partial charge in [-0.3, -0.25) is 4.68 Å². The molecule has 0 atom stereocenters. The molecule has 4 aromatic rings. The van der Waals surface area contributed by atoms with Crippen molar-refractivity contribution in [1.82, 2.24) is 19.3 Å². The number of ether oxygens (including phenoxy) is 1. The van der Waals surface area contributed by atoms with E-state index in [4.69, 9.17) is 4.74 Å². The van der Waals surface area contributed by atoms with Gasteiger partial charge in [-0.15, -0.1) is 0 Å². The number of aromatic nitrogens is 4. The van der Waals surface area contributed by atoms with Crippen LogP contribution in [0.15, 0.2) is 53.9 Å². The van der Waals surface area contributed by atoms with E-state index in [1.165, 1.54) is 11.9 Å². The fourth-order valence-corrected chi connectivity index (χ4v) is 4.79. The largest absolute Gasteiger partial charge is 0.490 e. The van der Waals surface area contributed by atoms with Crippen LogP contribution in [-0.4, -0.2) is 38.5 Å². The number of fused-ring (bicyclic) bond motifs is 2. The lowest BCUT2D eigenvalue weighted by molar-refractivity contribution is 0.303. The number of aryl methyl sites for hydroxylation is 2. The molecule has 31 heavy (non-hydrogen) atoms. The zero-order valence-corrected chi connectivity index (χ0v) is 19.0. The summed E-state index contributed by atoms with van der Waals surface area (Å²) in [6.07, 6.45) is 5.93. The summed E-state index contributed by atoms with van der Waals surface area (Å²) < 4.78 is 13.3. The highest BCUT2D eigenvalue weighted by Crippen LogP contribution is 2.41. The Morgan fingerprint density at radius 1 is 1.16 bits per heavy atom. The zero-order chi connectivity index (χ0) is 21.5. The molecular weight excluding hydrogens is 408 g/mol. The normalized spacial score (nSPS) is 13.5. The van der Waals surface area contributed by atoms with Gasteiger partial charge in [-0.1, -0.05) is 6.07 Å². The predicted molar refractivity (Wildman–Crippen MR) is 127 cm³/mol. The van der Waals surface area contributed by atoms with Crippen LogP contribution in [0.4, 0.5) is 11.4 Å². The van der Waals surface area contributed by atoms with E-state index in [-0.39, 0.29) is 0 Å². The van der Waals surface area contributed by atoms with Gasteiger partial charge in [0.25, 0.3) is 0 Å². The van der Waals surface area contributed by atoms with Gasteiger partial charge < -0.3 is 18.9 Å². The van der Waals surface area contributed by atoms with Crippen LogP contribution in [0.2, 0.25) is 0 Å². The molecule has 1 aliphatic heterocycles. The number of nitrogens with zero attached hydrogens (tertiary/aromatic N) is 5. The highest BCUT2D eigenvalue weighted by Gasteiger charge is 2.22. The third-order valence-corrected chi connectivity index (χ3v) is 6.35. The molecule has 0 amide bonds. The quantitative estimate of drug-likeness (QED) is 0.460. The first-order chi connectivity index (χ1) is 15.0. The first-order valence-electron chi connectivity index (χ1n) is 10.4. The second-order valence-corrected chi connectivity index (χ2v) is 8.89. The van der Waals surface area contributed by atoms with E-state index in [0.29, 0.717) is 6.04 Å². The molecule has 160 valence electrons. The molecule has 0 fully saturated rings. The molecule has 8 heteroatoms. The zero-order valence-electron chi connectivity index (χ0n) is 18.2. The fourth-order valence-electron chi connectivity index (χ4n) is 4.10. The Morgan fingerprint density at radius 2 is 2.03 bits per heavy atom. The summed E-state index contributed by atoms with van der Waals surface area (Å²) in [4.78, 5) is 7.04. The number of rotatable bonds is 5. The van der Waals surface area contributed by atoms with Crippen molar-refractivity contribution in [2.24, 2.45) is 14.1 Å². The predicted octanol–water partition coefficient (Wildman–Crippen LogP) is 4.70. The van der Waals surface area contributed by atoms with Gasteiger partial charge >= 0.3 is 0 Å². The van der Waals surface area contributed by atoms with Gasteiger partial charge in [0, 0.05) is 56.2 Å². The lowest BCUT2D eigenvalue weighted by Gasteiger charge is -2.34. The van der Waals surface area contributed by atoms with Gasteiger partial charge in [-0.2, -0.15) is 5.10 Å². The molecule has 0 unspecified atom stereocenters. The first-order valence-corrected chi connectivity index (χ1v) is 11.2. The molecule has 0 bridgehead atoms. The van der Waals surface area contributed by atoms with Gasteiger partial charge in [0.1, 0.15) is 23.0 Å². The van der Waals surface area contributed by atoms with E-state index < -0.39 is 0 Å². The standard InChI is InChI=1S/C23H26N6OS/c1-15(2)29-11-12-30-20-6-5-16(13-19(20)29)17-14-27(3)23-22(17)18(7-9-24-23)26-31-21-8-10-28(4)25-21/h5-10,13-15H,11-12H2,1-4H3,(H,24,26). The van der Waals surface area contributed by atoms with E-state index in [2.05, 4.69) is 62.5 Å². The van der Waals surface area contributed by atoms with Crippen molar-refractivity contribution in [3.63, 3.8) is 0 Å². The maximum Gasteiger partial charge on any atom is 0.142 e. The average molecular weight is 435 g/mol. The van der Waals surface area contributed by atoms with Gasteiger partial charge in [-0.25, -0.2) is 4.98 Å². The smallest absolute Gasteiger partial charge is 0.142 e. The van der Waals surface area contributed by atoms with Crippen LogP contribution in [-0.2, 0) is 14.1 Å². The third kappa shape index (κ3) is 3.61. The summed E-state index contributed by atoms with van der Waals surface area (Å²) in [7, 11) is 3.96. The fraction of sp³-hybridized carbons (Fsp3) is 0.304. The summed E-state index contributed by atoms with van der Waals surface area (Å²) in [6.45, 7) is 6.07. The Hall–Kier alpha value is -3.13. The van der Waals surface area contributed by atoms with E-state index in [0.717, 1.165) is 57.5 Å². The summed E-state index contributed by atoms with van der Waals surface area (Å²) in [6, 6.07) is 10.9. The molecule has 5 rings (SSSR count). The lowest BCUT2D eigenvalue weighted by atomic mass is 10.0. The Balaban J connectivity index is 1.58. The summed E-state index contributed by atoms with van der Waals surface area (Å²) in [5.74, 6) is 0.950. The van der Waals surface area contributed by atoms with Crippen LogP contribution in [0.3, 0.4) is 0 Å². The van der Waals surface area contributed by atoms with E-state index in [9.17, 15) is 0 Å². The van der Waals surface area contributed by atoms with Crippen LogP contribution in [0.5, 0.6) is 5.75 Å².